The van der Waals surface area contributed by atoms with E-state index in [0.717, 1.165) is 51.0 Å². The molecule has 2 aromatic heterocycles. The second kappa shape index (κ2) is 12.8. The van der Waals surface area contributed by atoms with Gasteiger partial charge in [-0.05, 0) is 99.3 Å². The van der Waals surface area contributed by atoms with Crippen molar-refractivity contribution < 1.29 is 0 Å². The summed E-state index contributed by atoms with van der Waals surface area (Å²) in [5.74, 6) is 0.886. The van der Waals surface area contributed by atoms with Crippen molar-refractivity contribution in [2.45, 2.75) is 18.8 Å². The molecule has 0 atom stereocenters. The van der Waals surface area contributed by atoms with Gasteiger partial charge in [-0.25, -0.2) is 9.97 Å². The molecule has 264 valence electrons. The first-order valence-corrected chi connectivity index (χ1v) is 19.4. The highest BCUT2D eigenvalue weighted by Gasteiger charge is 2.48. The number of hydrogen-bond donors (Lipinski definition) is 0. The van der Waals surface area contributed by atoms with Crippen LogP contribution >= 0.6 is 0 Å². The SMILES string of the molecule is Cc1ccc(C2=CC=C3C(=CC2)C(c2ccccc2)(c2ccccc2)c2cc(-c4ccc(-c5nc6ccccc6c6nc7ccccc7n56)cc4)ccc23)cc1. The Labute approximate surface area is 326 Å². The molecule has 9 aromatic rings. The molecule has 0 bridgehead atoms. The van der Waals surface area contributed by atoms with Crippen molar-refractivity contribution in [3.63, 3.8) is 0 Å². The highest BCUT2D eigenvalue weighted by Crippen LogP contribution is 2.58. The van der Waals surface area contributed by atoms with Gasteiger partial charge < -0.3 is 0 Å². The van der Waals surface area contributed by atoms with E-state index in [-0.39, 0.29) is 0 Å². The van der Waals surface area contributed by atoms with Gasteiger partial charge in [-0.2, -0.15) is 0 Å². The molecule has 0 radical (unpaired) electrons. The van der Waals surface area contributed by atoms with E-state index in [2.05, 4.69) is 193 Å². The normalized spacial score (nSPS) is 14.6. The smallest absolute Gasteiger partial charge is 0.149 e. The van der Waals surface area contributed by atoms with Gasteiger partial charge in [0.1, 0.15) is 11.5 Å². The maximum Gasteiger partial charge on any atom is 0.149 e. The molecule has 7 aromatic carbocycles. The second-order valence-electron chi connectivity index (χ2n) is 15.0. The van der Waals surface area contributed by atoms with Gasteiger partial charge in [0.2, 0.25) is 0 Å². The van der Waals surface area contributed by atoms with Crippen LogP contribution in [-0.4, -0.2) is 14.4 Å². The van der Waals surface area contributed by atoms with Crippen molar-refractivity contribution >= 4 is 38.7 Å². The van der Waals surface area contributed by atoms with E-state index in [0.29, 0.717) is 0 Å². The minimum atomic E-state index is -0.487. The molecule has 2 heterocycles. The van der Waals surface area contributed by atoms with Crippen molar-refractivity contribution in [1.82, 2.24) is 14.4 Å². The summed E-state index contributed by atoms with van der Waals surface area (Å²) < 4.78 is 2.21. The lowest BCUT2D eigenvalue weighted by molar-refractivity contribution is 0.766. The molecule has 3 heteroatoms. The molecular formula is C53H37N3. The van der Waals surface area contributed by atoms with Crippen LogP contribution in [0.5, 0.6) is 0 Å². The summed E-state index contributed by atoms with van der Waals surface area (Å²) in [7, 11) is 0. The third-order valence-corrected chi connectivity index (χ3v) is 11.8. The fourth-order valence-electron chi connectivity index (χ4n) is 9.17. The largest absolute Gasteiger partial charge is 0.276 e. The molecule has 3 nitrogen and oxygen atoms in total. The number of benzene rings is 7. The molecule has 11 rings (SSSR count). The zero-order chi connectivity index (χ0) is 37.2. The Bertz CT molecular complexity index is 3030. The van der Waals surface area contributed by atoms with Gasteiger partial charge in [-0.1, -0.05) is 169 Å². The Morgan fingerprint density at radius 3 is 1.91 bits per heavy atom. The first-order chi connectivity index (χ1) is 27.7. The van der Waals surface area contributed by atoms with Gasteiger partial charge in [0.25, 0.3) is 0 Å². The highest BCUT2D eigenvalue weighted by molar-refractivity contribution is 5.99. The van der Waals surface area contributed by atoms with Crippen LogP contribution in [0.1, 0.15) is 39.8 Å². The third-order valence-electron chi connectivity index (χ3n) is 11.8. The zero-order valence-electron chi connectivity index (χ0n) is 31.0. The second-order valence-corrected chi connectivity index (χ2v) is 15.0. The van der Waals surface area contributed by atoms with Gasteiger partial charge in [0, 0.05) is 10.9 Å². The van der Waals surface area contributed by atoms with E-state index >= 15 is 0 Å². The van der Waals surface area contributed by atoms with Crippen molar-refractivity contribution in [3.8, 4) is 22.5 Å². The lowest BCUT2D eigenvalue weighted by atomic mass is 9.67. The van der Waals surface area contributed by atoms with Gasteiger partial charge in [-0.3, -0.25) is 4.40 Å². The number of para-hydroxylation sites is 3. The van der Waals surface area contributed by atoms with E-state index in [9.17, 15) is 0 Å². The number of nitrogens with zero attached hydrogens (tertiary/aromatic N) is 3. The van der Waals surface area contributed by atoms with E-state index in [1.807, 2.05) is 12.1 Å². The van der Waals surface area contributed by atoms with Crippen molar-refractivity contribution in [3.05, 3.63) is 233 Å². The quantitative estimate of drug-likeness (QED) is 0.178. The summed E-state index contributed by atoms with van der Waals surface area (Å²) in [5, 5.41) is 1.05. The van der Waals surface area contributed by atoms with Crippen LogP contribution in [0.2, 0.25) is 0 Å². The van der Waals surface area contributed by atoms with Crippen LogP contribution in [0.3, 0.4) is 0 Å². The number of hydrogen-bond acceptors (Lipinski definition) is 2. The summed E-state index contributed by atoms with van der Waals surface area (Å²) in [6.45, 7) is 2.15. The molecule has 0 amide bonds. The number of imidazole rings is 1. The Kier molecular flexibility index (Phi) is 7.36. The van der Waals surface area contributed by atoms with Gasteiger partial charge in [0.15, 0.2) is 0 Å². The van der Waals surface area contributed by atoms with Crippen LogP contribution in [0.4, 0.5) is 0 Å². The first-order valence-electron chi connectivity index (χ1n) is 19.4. The summed E-state index contributed by atoms with van der Waals surface area (Å²) in [6, 6.07) is 63.7. The third kappa shape index (κ3) is 4.91. The highest BCUT2D eigenvalue weighted by atomic mass is 15.1. The van der Waals surface area contributed by atoms with Crippen molar-refractivity contribution in [2.75, 3.05) is 0 Å². The molecular weight excluding hydrogens is 679 g/mol. The average molecular weight is 716 g/mol. The summed E-state index contributed by atoms with van der Waals surface area (Å²) in [4.78, 5) is 10.3. The number of allylic oxidation sites excluding steroid dienone is 6. The molecule has 0 fully saturated rings. The van der Waals surface area contributed by atoms with Crippen LogP contribution < -0.4 is 0 Å². The first kappa shape index (κ1) is 32.3. The van der Waals surface area contributed by atoms with E-state index in [1.54, 1.807) is 0 Å². The van der Waals surface area contributed by atoms with E-state index in [1.165, 1.54) is 55.7 Å². The molecule has 0 aliphatic heterocycles. The van der Waals surface area contributed by atoms with Crippen LogP contribution in [-0.2, 0) is 5.41 Å². The minimum Gasteiger partial charge on any atom is -0.276 e. The molecule has 0 spiro atoms. The maximum absolute atomic E-state index is 5.22. The lowest BCUT2D eigenvalue weighted by Crippen LogP contribution is -2.28. The van der Waals surface area contributed by atoms with Crippen molar-refractivity contribution in [1.29, 1.82) is 0 Å². The van der Waals surface area contributed by atoms with Gasteiger partial charge in [0.05, 0.1) is 22.0 Å². The Hall–Kier alpha value is -7.10. The molecule has 0 saturated heterocycles. The van der Waals surface area contributed by atoms with Crippen molar-refractivity contribution in [2.24, 2.45) is 0 Å². The molecule has 0 unspecified atom stereocenters. The molecule has 56 heavy (non-hydrogen) atoms. The minimum absolute atomic E-state index is 0.487. The average Bonchev–Trinajstić information content (AvgIpc) is 3.69. The fourth-order valence-corrected chi connectivity index (χ4v) is 9.17. The monoisotopic (exact) mass is 715 g/mol. The topological polar surface area (TPSA) is 30.2 Å². The number of rotatable bonds is 5. The standard InChI is InChI=1S/C53H37N3/c1-35-20-22-36(23-21-35)37-28-31-43-44-32-29-40(34-47(44)53(46(43)33-30-37,41-12-4-2-5-13-41)42-14-6-3-7-15-42)38-24-26-39(27-25-38)51-54-48-17-9-8-16-45(48)52-55-49-18-10-11-19-50(49)56(51)52/h2-29,31-34H,30H2,1H3. The summed E-state index contributed by atoms with van der Waals surface area (Å²) in [5.41, 5.74) is 18.4. The van der Waals surface area contributed by atoms with E-state index in [4.69, 9.17) is 9.97 Å². The van der Waals surface area contributed by atoms with Gasteiger partial charge in [-0.15, -0.1) is 0 Å². The number of fused-ring (bicyclic) bond motifs is 8. The predicted molar refractivity (Wildman–Crippen MR) is 231 cm³/mol. The van der Waals surface area contributed by atoms with Gasteiger partial charge >= 0.3 is 0 Å². The Balaban J connectivity index is 1.09. The molecule has 0 saturated carbocycles. The molecule has 2 aliphatic carbocycles. The van der Waals surface area contributed by atoms with Crippen LogP contribution in [0.25, 0.3) is 61.2 Å². The number of aryl methyl sites for hydroxylation is 1. The maximum atomic E-state index is 5.22. The number of aromatic nitrogens is 3. The Morgan fingerprint density at radius 2 is 1.16 bits per heavy atom. The van der Waals surface area contributed by atoms with Crippen LogP contribution in [0.15, 0.2) is 200 Å². The van der Waals surface area contributed by atoms with E-state index < -0.39 is 5.41 Å². The Morgan fingerprint density at radius 1 is 0.536 bits per heavy atom. The summed E-state index contributed by atoms with van der Waals surface area (Å²) >= 11 is 0. The summed E-state index contributed by atoms with van der Waals surface area (Å²) in [6.07, 6.45) is 8.06. The zero-order valence-corrected chi connectivity index (χ0v) is 31.0. The predicted octanol–water partition coefficient (Wildman–Crippen LogP) is 12.8. The molecule has 2 aliphatic rings. The molecule has 0 N–H and O–H groups in total. The fraction of sp³-hybridized carbons (Fsp3) is 0.0566. The lowest BCUT2D eigenvalue weighted by Gasteiger charge is -2.34. The van der Waals surface area contributed by atoms with Crippen LogP contribution in [0, 0.1) is 6.92 Å².